The monoisotopic (exact) mass is 343 g/mol. The van der Waals surface area contributed by atoms with Crippen LogP contribution in [-0.2, 0) is 4.74 Å². The number of hydrogen-bond donors (Lipinski definition) is 1. The molecule has 22 heavy (non-hydrogen) atoms. The highest BCUT2D eigenvalue weighted by Crippen LogP contribution is 2.37. The fourth-order valence-electron chi connectivity index (χ4n) is 1.51. The number of ether oxygens (including phenoxy) is 2. The van der Waals surface area contributed by atoms with Gasteiger partial charge in [-0.3, -0.25) is 0 Å². The van der Waals surface area contributed by atoms with Crippen molar-refractivity contribution in [2.75, 3.05) is 5.73 Å². The summed E-state index contributed by atoms with van der Waals surface area (Å²) in [4.78, 5) is 11.9. The lowest BCUT2D eigenvalue weighted by Crippen LogP contribution is -2.27. The number of carbonyl (C=O) groups excluding carboxylic acids is 1. The molecule has 0 aliphatic carbocycles. The molecule has 0 saturated heterocycles. The fraction of sp³-hybridized carbons (Fsp3) is 0.286. The maximum absolute atomic E-state index is 11.9. The van der Waals surface area contributed by atoms with Gasteiger partial charge in [-0.1, -0.05) is 23.2 Å². The fourth-order valence-corrected chi connectivity index (χ4v) is 1.88. The van der Waals surface area contributed by atoms with Crippen LogP contribution in [0.4, 0.5) is 10.5 Å². The summed E-state index contributed by atoms with van der Waals surface area (Å²) in [5, 5.41) is 4.34. The molecule has 0 amide bonds. The van der Waals surface area contributed by atoms with Crippen LogP contribution in [0.15, 0.2) is 24.4 Å². The number of benzene rings is 1. The van der Waals surface area contributed by atoms with Gasteiger partial charge in [0.2, 0.25) is 5.88 Å². The summed E-state index contributed by atoms with van der Waals surface area (Å²) in [6, 6.07) is 4.63. The minimum atomic E-state index is -0.613. The molecule has 8 heteroatoms. The van der Waals surface area contributed by atoms with Crippen LogP contribution in [0, 0.1) is 0 Å². The molecule has 1 heterocycles. The smallest absolute Gasteiger partial charge is 0.435 e. The minimum Gasteiger partial charge on any atom is -0.442 e. The maximum Gasteiger partial charge on any atom is 0.435 e. The van der Waals surface area contributed by atoms with E-state index in [-0.39, 0.29) is 21.7 Å². The second-order valence-corrected chi connectivity index (χ2v) is 6.22. The first-order chi connectivity index (χ1) is 10.2. The van der Waals surface area contributed by atoms with Crippen LogP contribution in [0.1, 0.15) is 20.8 Å². The number of hydrogen-bond acceptors (Lipinski definition) is 5. The number of aromatic nitrogens is 2. The number of carbonyl (C=O) groups is 1. The second kappa shape index (κ2) is 6.06. The number of halogens is 2. The molecule has 0 atom stereocenters. The molecule has 118 valence electrons. The predicted molar refractivity (Wildman–Crippen MR) is 84.8 cm³/mol. The molecule has 2 N–H and O–H groups in total. The Hall–Kier alpha value is -1.92. The van der Waals surface area contributed by atoms with E-state index in [1.54, 1.807) is 32.9 Å². The van der Waals surface area contributed by atoms with Crippen molar-refractivity contribution in [2.24, 2.45) is 0 Å². The van der Waals surface area contributed by atoms with E-state index in [0.29, 0.717) is 5.69 Å². The third-order valence-corrected chi connectivity index (χ3v) is 3.32. The summed E-state index contributed by atoms with van der Waals surface area (Å²) in [5.74, 6) is 0.462. The highest BCUT2D eigenvalue weighted by Gasteiger charge is 2.19. The lowest BCUT2D eigenvalue weighted by molar-refractivity contribution is 0.0512. The van der Waals surface area contributed by atoms with Gasteiger partial charge in [-0.25, -0.2) is 4.79 Å². The van der Waals surface area contributed by atoms with Gasteiger partial charge in [0.1, 0.15) is 16.4 Å². The Kier molecular flexibility index (Phi) is 4.53. The van der Waals surface area contributed by atoms with E-state index in [9.17, 15) is 4.79 Å². The molecule has 0 spiro atoms. The molecule has 6 nitrogen and oxygen atoms in total. The zero-order valence-corrected chi connectivity index (χ0v) is 13.8. The largest absolute Gasteiger partial charge is 0.442 e. The van der Waals surface area contributed by atoms with Crippen molar-refractivity contribution in [3.8, 4) is 11.6 Å². The lowest BCUT2D eigenvalue weighted by atomic mass is 10.2. The molecule has 1 aromatic carbocycles. The van der Waals surface area contributed by atoms with Crippen LogP contribution in [-0.4, -0.2) is 21.5 Å². The van der Waals surface area contributed by atoms with E-state index < -0.39 is 11.7 Å². The van der Waals surface area contributed by atoms with Crippen LogP contribution in [0.3, 0.4) is 0 Å². The van der Waals surface area contributed by atoms with E-state index in [1.807, 2.05) is 0 Å². The van der Waals surface area contributed by atoms with Crippen LogP contribution in [0.2, 0.25) is 10.0 Å². The molecular formula is C14H15Cl2N3O3. The van der Waals surface area contributed by atoms with Gasteiger partial charge in [0.15, 0.2) is 0 Å². The Labute approximate surface area is 137 Å². The lowest BCUT2D eigenvalue weighted by Gasteiger charge is -2.18. The summed E-state index contributed by atoms with van der Waals surface area (Å²) >= 11 is 12.0. The van der Waals surface area contributed by atoms with Crippen LogP contribution >= 0.6 is 23.2 Å². The third kappa shape index (κ3) is 3.84. The molecule has 0 unspecified atom stereocenters. The molecule has 0 aliphatic heterocycles. The Morgan fingerprint density at radius 3 is 2.55 bits per heavy atom. The number of nitrogens with zero attached hydrogens (tertiary/aromatic N) is 2. The van der Waals surface area contributed by atoms with Crippen molar-refractivity contribution in [2.45, 2.75) is 26.4 Å². The van der Waals surface area contributed by atoms with Crippen molar-refractivity contribution >= 4 is 35.0 Å². The highest BCUT2D eigenvalue weighted by molar-refractivity contribution is 6.44. The number of nitrogens with two attached hydrogens (primary N) is 1. The van der Waals surface area contributed by atoms with Gasteiger partial charge >= 0.3 is 6.09 Å². The molecule has 0 bridgehead atoms. The predicted octanol–water partition coefficient (Wildman–Crippen LogP) is 4.35. The average molecular weight is 344 g/mol. The number of rotatable bonds is 2. The summed E-state index contributed by atoms with van der Waals surface area (Å²) in [7, 11) is 0. The number of anilines is 1. The zero-order chi connectivity index (χ0) is 16.5. The van der Waals surface area contributed by atoms with E-state index in [2.05, 4.69) is 5.10 Å². The molecule has 2 aromatic rings. The van der Waals surface area contributed by atoms with Crippen molar-refractivity contribution in [1.29, 1.82) is 0 Å². The minimum absolute atomic E-state index is 0.175. The van der Waals surface area contributed by atoms with Gasteiger partial charge in [0, 0.05) is 12.3 Å². The van der Waals surface area contributed by atoms with Crippen LogP contribution in [0.25, 0.3) is 0 Å². The standard InChI is InChI=1S/C14H15Cl2N3O3/c1-14(2,3)22-13(20)19-7-6-10(18-19)21-9-5-4-8(17)11(15)12(9)16/h4-7H,17H2,1-3H3. The van der Waals surface area contributed by atoms with Gasteiger partial charge in [0.25, 0.3) is 0 Å². The maximum atomic E-state index is 11.9. The molecule has 1 aromatic heterocycles. The van der Waals surface area contributed by atoms with Gasteiger partial charge in [-0.2, -0.15) is 4.68 Å². The summed E-state index contributed by atoms with van der Waals surface area (Å²) in [6.45, 7) is 5.30. The number of nitrogen functional groups attached to an aromatic ring is 1. The van der Waals surface area contributed by atoms with Crippen molar-refractivity contribution in [3.63, 3.8) is 0 Å². The van der Waals surface area contributed by atoms with Gasteiger partial charge in [-0.05, 0) is 32.9 Å². The Bertz CT molecular complexity index is 708. The summed E-state index contributed by atoms with van der Waals surface area (Å²) < 4.78 is 11.7. The first kappa shape index (κ1) is 16.5. The Morgan fingerprint density at radius 2 is 1.91 bits per heavy atom. The third-order valence-electron chi connectivity index (χ3n) is 2.44. The molecule has 0 saturated carbocycles. The van der Waals surface area contributed by atoms with Crippen LogP contribution in [0.5, 0.6) is 11.6 Å². The van der Waals surface area contributed by atoms with Crippen molar-refractivity contribution in [3.05, 3.63) is 34.4 Å². The summed E-state index contributed by atoms with van der Waals surface area (Å²) in [5.41, 5.74) is 5.37. The molecule has 2 rings (SSSR count). The molecule has 0 radical (unpaired) electrons. The van der Waals surface area contributed by atoms with Crippen molar-refractivity contribution < 1.29 is 14.3 Å². The highest BCUT2D eigenvalue weighted by atomic mass is 35.5. The topological polar surface area (TPSA) is 79.4 Å². The molecular weight excluding hydrogens is 329 g/mol. The van der Waals surface area contributed by atoms with E-state index in [0.717, 1.165) is 4.68 Å². The first-order valence-electron chi connectivity index (χ1n) is 6.38. The van der Waals surface area contributed by atoms with Crippen molar-refractivity contribution in [1.82, 2.24) is 9.78 Å². The summed E-state index contributed by atoms with van der Waals surface area (Å²) in [6.07, 6.45) is 0.819. The van der Waals surface area contributed by atoms with Gasteiger partial charge in [0.05, 0.1) is 10.7 Å². The Morgan fingerprint density at radius 1 is 1.23 bits per heavy atom. The molecule has 0 fully saturated rings. The normalized spacial score (nSPS) is 11.3. The quantitative estimate of drug-likeness (QED) is 0.820. The average Bonchev–Trinajstić information content (AvgIpc) is 2.86. The van der Waals surface area contributed by atoms with Crippen LogP contribution < -0.4 is 10.5 Å². The van der Waals surface area contributed by atoms with Gasteiger partial charge in [-0.15, -0.1) is 5.10 Å². The van der Waals surface area contributed by atoms with E-state index in [4.69, 9.17) is 38.4 Å². The first-order valence-corrected chi connectivity index (χ1v) is 7.13. The van der Waals surface area contributed by atoms with Gasteiger partial charge < -0.3 is 15.2 Å². The SMILES string of the molecule is CC(C)(C)OC(=O)n1ccc(Oc2ccc(N)c(Cl)c2Cl)n1. The van der Waals surface area contributed by atoms with E-state index >= 15 is 0 Å². The molecule has 0 aliphatic rings. The Balaban J connectivity index is 2.16. The zero-order valence-electron chi connectivity index (χ0n) is 12.3. The van der Waals surface area contributed by atoms with E-state index in [1.165, 1.54) is 12.3 Å². The second-order valence-electron chi connectivity index (χ2n) is 5.46.